The minimum Gasteiger partial charge on any atom is -0.344 e. The Morgan fingerprint density at radius 2 is 1.77 bits per heavy atom. The minimum absolute atomic E-state index is 0.00414. The number of likely N-dealkylation sites (tertiary alicyclic amines) is 1. The summed E-state index contributed by atoms with van der Waals surface area (Å²) in [7, 11) is 0. The van der Waals surface area contributed by atoms with Gasteiger partial charge in [0.15, 0.2) is 0 Å². The maximum Gasteiger partial charge on any atom is 0.246 e. The Hall–Kier alpha value is -2.10. The molecule has 0 radical (unpaired) electrons. The largest absolute Gasteiger partial charge is 0.344 e. The van der Waals surface area contributed by atoms with Crippen molar-refractivity contribution in [3.63, 3.8) is 0 Å². The zero-order valence-corrected chi connectivity index (χ0v) is 20.0. The Kier molecular flexibility index (Phi) is 6.16. The third-order valence-corrected chi connectivity index (χ3v) is 7.42. The third kappa shape index (κ3) is 4.73. The van der Waals surface area contributed by atoms with E-state index in [4.69, 9.17) is 0 Å². The van der Waals surface area contributed by atoms with E-state index in [1.165, 1.54) is 0 Å². The smallest absolute Gasteiger partial charge is 0.246 e. The number of hydrogen-bond donors (Lipinski definition) is 2. The number of nitriles is 1. The van der Waals surface area contributed by atoms with E-state index in [-0.39, 0.29) is 40.9 Å². The van der Waals surface area contributed by atoms with Crippen LogP contribution in [0, 0.1) is 45.8 Å². The quantitative estimate of drug-likeness (QED) is 0.648. The highest BCUT2D eigenvalue weighted by atomic mass is 16.2. The molecule has 3 aliphatic rings. The van der Waals surface area contributed by atoms with Crippen LogP contribution in [0.3, 0.4) is 0 Å². The van der Waals surface area contributed by atoms with Crippen LogP contribution in [0.2, 0.25) is 0 Å². The number of carbonyl (C=O) groups is 3. The molecule has 7 nitrogen and oxygen atoms in total. The van der Waals surface area contributed by atoms with E-state index in [0.717, 1.165) is 12.8 Å². The van der Waals surface area contributed by atoms with Crippen molar-refractivity contribution in [2.75, 3.05) is 6.54 Å². The topological polar surface area (TPSA) is 102 Å². The average molecular weight is 431 g/mol. The van der Waals surface area contributed by atoms with Gasteiger partial charge in [-0.1, -0.05) is 61.3 Å². The van der Waals surface area contributed by atoms with Crippen LogP contribution >= 0.6 is 0 Å². The second-order valence-corrected chi connectivity index (χ2v) is 11.7. The van der Waals surface area contributed by atoms with Gasteiger partial charge in [0.1, 0.15) is 18.1 Å². The number of nitrogens with zero attached hydrogens (tertiary/aromatic N) is 2. The number of hydrogen-bond acceptors (Lipinski definition) is 4. The molecule has 3 rings (SSSR count). The van der Waals surface area contributed by atoms with Crippen molar-refractivity contribution in [3.05, 3.63) is 0 Å². The molecule has 0 bridgehead atoms. The SMILES string of the molecule is CC(C)C(=O)N[C@H](C(=O)N1C[C@H]2[C@@H]([C@H]1C(=O)NC(C#N)CC1CC1)C2(C)C)C(C)(C)C. The van der Waals surface area contributed by atoms with Crippen LogP contribution in [-0.2, 0) is 14.4 Å². The van der Waals surface area contributed by atoms with Crippen LogP contribution in [0.1, 0.15) is 67.7 Å². The molecular weight excluding hydrogens is 392 g/mol. The summed E-state index contributed by atoms with van der Waals surface area (Å²) in [6.45, 7) is 14.2. The van der Waals surface area contributed by atoms with Crippen LogP contribution in [0.5, 0.6) is 0 Å². The lowest BCUT2D eigenvalue weighted by atomic mass is 9.84. The molecule has 0 spiro atoms. The van der Waals surface area contributed by atoms with Gasteiger partial charge >= 0.3 is 0 Å². The Morgan fingerprint density at radius 1 is 1.16 bits per heavy atom. The molecule has 31 heavy (non-hydrogen) atoms. The zero-order chi connectivity index (χ0) is 23.3. The Bertz CT molecular complexity index is 788. The summed E-state index contributed by atoms with van der Waals surface area (Å²) in [5, 5.41) is 15.3. The first-order valence-electron chi connectivity index (χ1n) is 11.6. The molecule has 3 amide bonds. The Balaban J connectivity index is 1.80. The lowest BCUT2D eigenvalue weighted by molar-refractivity contribution is -0.146. The standard InChI is InChI=1S/C24H38N4O3/c1-13(2)20(29)27-19(23(3,4)5)22(31)28-12-16-17(24(16,6)7)18(28)21(30)26-15(11-25)10-14-8-9-14/h13-19H,8-10,12H2,1-7H3,(H,26,30)(H,27,29)/t15?,16-,17-,18-,19+/m0/s1. The lowest BCUT2D eigenvalue weighted by Crippen LogP contribution is -2.60. The summed E-state index contributed by atoms with van der Waals surface area (Å²) in [5.74, 6) is 0.0137. The first-order chi connectivity index (χ1) is 14.3. The fourth-order valence-electron chi connectivity index (χ4n) is 5.02. The van der Waals surface area contributed by atoms with Crippen molar-refractivity contribution in [2.24, 2.45) is 34.5 Å². The molecule has 0 aromatic heterocycles. The highest BCUT2D eigenvalue weighted by Gasteiger charge is 2.69. The van der Waals surface area contributed by atoms with Gasteiger partial charge in [-0.2, -0.15) is 5.26 Å². The maximum absolute atomic E-state index is 13.7. The number of rotatable bonds is 7. The van der Waals surface area contributed by atoms with Gasteiger partial charge in [-0.15, -0.1) is 0 Å². The van der Waals surface area contributed by atoms with E-state index in [1.807, 2.05) is 20.8 Å². The van der Waals surface area contributed by atoms with Crippen molar-refractivity contribution in [1.82, 2.24) is 15.5 Å². The molecule has 2 N–H and O–H groups in total. The van der Waals surface area contributed by atoms with Crippen molar-refractivity contribution in [3.8, 4) is 6.07 Å². The van der Waals surface area contributed by atoms with Crippen LogP contribution in [-0.4, -0.2) is 47.3 Å². The van der Waals surface area contributed by atoms with Gasteiger partial charge < -0.3 is 15.5 Å². The summed E-state index contributed by atoms with van der Waals surface area (Å²) in [5.41, 5.74) is -0.498. The first-order valence-corrected chi connectivity index (χ1v) is 11.6. The Morgan fingerprint density at radius 3 is 2.26 bits per heavy atom. The van der Waals surface area contributed by atoms with E-state index in [1.54, 1.807) is 18.7 Å². The molecule has 3 fully saturated rings. The summed E-state index contributed by atoms with van der Waals surface area (Å²) < 4.78 is 0. The molecule has 5 atom stereocenters. The molecule has 2 saturated carbocycles. The van der Waals surface area contributed by atoms with Crippen molar-refractivity contribution in [2.45, 2.75) is 85.9 Å². The van der Waals surface area contributed by atoms with Gasteiger partial charge in [0.25, 0.3) is 0 Å². The van der Waals surface area contributed by atoms with Crippen molar-refractivity contribution in [1.29, 1.82) is 5.26 Å². The fraction of sp³-hybridized carbons (Fsp3) is 0.833. The summed E-state index contributed by atoms with van der Waals surface area (Å²) >= 11 is 0. The number of piperidine rings is 1. The van der Waals surface area contributed by atoms with E-state index >= 15 is 0 Å². The van der Waals surface area contributed by atoms with E-state index in [9.17, 15) is 19.6 Å². The van der Waals surface area contributed by atoms with Crippen LogP contribution in [0.25, 0.3) is 0 Å². The summed E-state index contributed by atoms with van der Waals surface area (Å²) in [6, 6.07) is 0.392. The van der Waals surface area contributed by atoms with Gasteiger partial charge in [-0.05, 0) is 35.0 Å². The number of nitrogens with one attached hydrogen (secondary N) is 2. The van der Waals surface area contributed by atoms with Gasteiger partial charge in [0.05, 0.1) is 6.07 Å². The summed E-state index contributed by atoms with van der Waals surface area (Å²) in [4.78, 5) is 41.0. The van der Waals surface area contributed by atoms with E-state index in [2.05, 4.69) is 30.6 Å². The molecule has 1 heterocycles. The lowest BCUT2D eigenvalue weighted by Gasteiger charge is -2.38. The second-order valence-electron chi connectivity index (χ2n) is 11.7. The van der Waals surface area contributed by atoms with Crippen LogP contribution < -0.4 is 10.6 Å². The Labute approximate surface area is 186 Å². The molecule has 2 aliphatic carbocycles. The highest BCUT2D eigenvalue weighted by molar-refractivity contribution is 5.94. The number of amides is 3. The predicted octanol–water partition coefficient (Wildman–Crippen LogP) is 2.46. The van der Waals surface area contributed by atoms with Crippen molar-refractivity contribution < 1.29 is 14.4 Å². The van der Waals surface area contributed by atoms with Gasteiger partial charge in [0.2, 0.25) is 17.7 Å². The predicted molar refractivity (Wildman–Crippen MR) is 117 cm³/mol. The summed E-state index contributed by atoms with van der Waals surface area (Å²) in [6.07, 6.45) is 2.90. The fourth-order valence-corrected chi connectivity index (χ4v) is 5.02. The normalized spacial score (nSPS) is 28.4. The molecule has 1 unspecified atom stereocenters. The van der Waals surface area contributed by atoms with Crippen molar-refractivity contribution >= 4 is 17.7 Å². The van der Waals surface area contributed by atoms with Gasteiger partial charge in [-0.25, -0.2) is 0 Å². The van der Waals surface area contributed by atoms with E-state index < -0.39 is 23.5 Å². The third-order valence-electron chi connectivity index (χ3n) is 7.42. The monoisotopic (exact) mass is 430 g/mol. The number of fused-ring (bicyclic) bond motifs is 1. The molecule has 7 heteroatoms. The molecular formula is C24H38N4O3. The van der Waals surface area contributed by atoms with Crippen LogP contribution in [0.15, 0.2) is 0 Å². The van der Waals surface area contributed by atoms with Gasteiger partial charge in [0, 0.05) is 12.5 Å². The molecule has 0 aromatic carbocycles. The zero-order valence-electron chi connectivity index (χ0n) is 20.0. The molecule has 172 valence electrons. The number of carbonyl (C=O) groups excluding carboxylic acids is 3. The van der Waals surface area contributed by atoms with E-state index in [0.29, 0.717) is 18.9 Å². The molecule has 1 aliphatic heterocycles. The molecule has 1 saturated heterocycles. The maximum atomic E-state index is 13.7. The average Bonchev–Trinajstić information content (AvgIpc) is 3.50. The second kappa shape index (κ2) is 8.11. The van der Waals surface area contributed by atoms with Crippen LogP contribution in [0.4, 0.5) is 0 Å². The molecule has 0 aromatic rings. The van der Waals surface area contributed by atoms with Gasteiger partial charge in [-0.3, -0.25) is 14.4 Å². The highest BCUT2D eigenvalue weighted by Crippen LogP contribution is 2.65. The first kappa shape index (κ1) is 23.6. The minimum atomic E-state index is -0.712.